The minimum Gasteiger partial charge on any atom is -0.338 e. The van der Waals surface area contributed by atoms with Gasteiger partial charge in [-0.15, -0.1) is 0 Å². The molecule has 2 rings (SSSR count). The van der Waals surface area contributed by atoms with Gasteiger partial charge in [0.15, 0.2) is 0 Å². The zero-order chi connectivity index (χ0) is 16.9. The van der Waals surface area contributed by atoms with Gasteiger partial charge >= 0.3 is 12.2 Å². The molecule has 2 N–H and O–H groups in total. The van der Waals surface area contributed by atoms with Gasteiger partial charge in [0.1, 0.15) is 0 Å². The van der Waals surface area contributed by atoms with Gasteiger partial charge in [-0.3, -0.25) is 0 Å². The Morgan fingerprint density at radius 3 is 2.30 bits per heavy atom. The van der Waals surface area contributed by atoms with E-state index >= 15 is 0 Å². The number of carbonyl (C=O) groups excluding carboxylic acids is 1. The van der Waals surface area contributed by atoms with Crippen LogP contribution in [0.4, 0.5) is 23.7 Å². The Morgan fingerprint density at radius 1 is 1.04 bits per heavy atom. The third kappa shape index (κ3) is 5.17. The second-order valence-electron chi connectivity index (χ2n) is 4.80. The number of amides is 2. The van der Waals surface area contributed by atoms with Crippen molar-refractivity contribution in [3.05, 3.63) is 64.7 Å². The number of benzene rings is 2. The number of hydrogen-bond acceptors (Lipinski definition) is 1. The highest BCUT2D eigenvalue weighted by atomic mass is 35.5. The van der Waals surface area contributed by atoms with Crippen LogP contribution in [-0.2, 0) is 12.6 Å². The lowest BCUT2D eigenvalue weighted by Gasteiger charge is -2.10. The molecule has 2 aromatic rings. The summed E-state index contributed by atoms with van der Waals surface area (Å²) in [4.78, 5) is 11.7. The first-order valence-corrected chi connectivity index (χ1v) is 7.19. The molecule has 0 spiro atoms. The molecule has 0 aliphatic carbocycles. The summed E-state index contributed by atoms with van der Waals surface area (Å²) in [6, 6.07) is 11.0. The first-order chi connectivity index (χ1) is 10.9. The maximum absolute atomic E-state index is 12.4. The lowest BCUT2D eigenvalue weighted by molar-refractivity contribution is -0.137. The lowest BCUT2D eigenvalue weighted by atomic mass is 10.1. The van der Waals surface area contributed by atoms with Crippen molar-refractivity contribution in [1.82, 2.24) is 5.32 Å². The van der Waals surface area contributed by atoms with Crippen molar-refractivity contribution in [2.75, 3.05) is 11.9 Å². The van der Waals surface area contributed by atoms with E-state index in [0.717, 1.165) is 17.7 Å². The highest BCUT2D eigenvalue weighted by Crippen LogP contribution is 2.29. The summed E-state index contributed by atoms with van der Waals surface area (Å²) in [5, 5.41) is 5.71. The first-order valence-electron chi connectivity index (χ1n) is 6.82. The van der Waals surface area contributed by atoms with E-state index in [0.29, 0.717) is 18.0 Å². The molecule has 122 valence electrons. The normalized spacial score (nSPS) is 11.1. The summed E-state index contributed by atoms with van der Waals surface area (Å²) in [5.41, 5.74) is 0.430. The molecular formula is C16H14ClF3N2O. The maximum atomic E-state index is 12.4. The number of hydrogen-bond donors (Lipinski definition) is 2. The summed E-state index contributed by atoms with van der Waals surface area (Å²) in [6.07, 6.45) is -3.84. The fourth-order valence-corrected chi connectivity index (χ4v) is 2.16. The van der Waals surface area contributed by atoms with Crippen LogP contribution in [0.5, 0.6) is 0 Å². The molecule has 2 aromatic carbocycles. The molecule has 0 aromatic heterocycles. The zero-order valence-electron chi connectivity index (χ0n) is 12.0. The van der Waals surface area contributed by atoms with Gasteiger partial charge in [-0.25, -0.2) is 4.79 Å². The fraction of sp³-hybridized carbons (Fsp3) is 0.188. The monoisotopic (exact) mass is 342 g/mol. The summed E-state index contributed by atoms with van der Waals surface area (Å²) in [5.74, 6) is 0. The molecule has 0 aliphatic heterocycles. The van der Waals surface area contributed by atoms with Crippen LogP contribution in [0.1, 0.15) is 11.1 Å². The highest BCUT2D eigenvalue weighted by Gasteiger charge is 2.29. The smallest absolute Gasteiger partial charge is 0.338 e. The van der Waals surface area contributed by atoms with Crippen LogP contribution in [0.15, 0.2) is 48.5 Å². The van der Waals surface area contributed by atoms with Crippen LogP contribution in [0.3, 0.4) is 0 Å². The Labute approximate surface area is 136 Å². The van der Waals surface area contributed by atoms with Crippen molar-refractivity contribution >= 4 is 23.3 Å². The Morgan fingerprint density at radius 2 is 1.70 bits per heavy atom. The van der Waals surface area contributed by atoms with Gasteiger partial charge in [-0.1, -0.05) is 29.8 Å². The molecule has 7 heteroatoms. The summed E-state index contributed by atoms with van der Waals surface area (Å²) in [6.45, 7) is 0.357. The van der Waals surface area contributed by atoms with E-state index in [4.69, 9.17) is 11.6 Å². The van der Waals surface area contributed by atoms with Crippen molar-refractivity contribution in [1.29, 1.82) is 0 Å². The summed E-state index contributed by atoms with van der Waals surface area (Å²) < 4.78 is 37.3. The van der Waals surface area contributed by atoms with E-state index in [2.05, 4.69) is 10.6 Å². The molecule has 0 aliphatic rings. The number of urea groups is 1. The molecule has 0 saturated heterocycles. The molecule has 0 unspecified atom stereocenters. The third-order valence-electron chi connectivity index (χ3n) is 3.11. The average Bonchev–Trinajstić information content (AvgIpc) is 2.49. The van der Waals surface area contributed by atoms with Crippen LogP contribution >= 0.6 is 11.6 Å². The van der Waals surface area contributed by atoms with Crippen LogP contribution in [0.25, 0.3) is 0 Å². The van der Waals surface area contributed by atoms with Crippen LogP contribution < -0.4 is 10.6 Å². The maximum Gasteiger partial charge on any atom is 0.416 e. The van der Waals surface area contributed by atoms with E-state index < -0.39 is 17.8 Å². The number of anilines is 1. The standard InChI is InChI=1S/C16H14ClF3N2O/c17-14-4-2-1-3-11(14)9-10-21-15(23)22-13-7-5-12(6-8-13)16(18,19)20/h1-8H,9-10H2,(H2,21,22,23). The third-order valence-corrected chi connectivity index (χ3v) is 3.48. The van der Waals surface area contributed by atoms with E-state index in [1.54, 1.807) is 6.07 Å². The number of alkyl halides is 3. The van der Waals surface area contributed by atoms with Crippen molar-refractivity contribution < 1.29 is 18.0 Å². The molecule has 0 fully saturated rings. The van der Waals surface area contributed by atoms with Gasteiger partial charge in [0.05, 0.1) is 5.56 Å². The van der Waals surface area contributed by atoms with E-state index in [1.807, 2.05) is 18.2 Å². The minimum absolute atomic E-state index is 0.285. The number of halogens is 4. The molecule has 0 heterocycles. The molecule has 23 heavy (non-hydrogen) atoms. The van der Waals surface area contributed by atoms with Gasteiger partial charge in [-0.05, 0) is 42.3 Å². The summed E-state index contributed by atoms with van der Waals surface area (Å²) in [7, 11) is 0. The van der Waals surface area contributed by atoms with Crippen molar-refractivity contribution in [3.8, 4) is 0 Å². The van der Waals surface area contributed by atoms with Gasteiger partial charge in [0.2, 0.25) is 0 Å². The second kappa shape index (κ2) is 7.37. The van der Waals surface area contributed by atoms with Crippen molar-refractivity contribution in [2.45, 2.75) is 12.6 Å². The SMILES string of the molecule is O=C(NCCc1ccccc1Cl)Nc1ccc(C(F)(F)F)cc1. The van der Waals surface area contributed by atoms with E-state index in [-0.39, 0.29) is 5.69 Å². The fourth-order valence-electron chi connectivity index (χ4n) is 1.93. The Balaban J connectivity index is 1.82. The number of nitrogens with one attached hydrogen (secondary N) is 2. The first kappa shape index (κ1) is 17.1. The zero-order valence-corrected chi connectivity index (χ0v) is 12.7. The van der Waals surface area contributed by atoms with Crippen LogP contribution in [0, 0.1) is 0 Å². The predicted octanol–water partition coefficient (Wildman–Crippen LogP) is 4.72. The lowest BCUT2D eigenvalue weighted by Crippen LogP contribution is -2.30. The number of carbonyl (C=O) groups is 1. The number of rotatable bonds is 4. The molecule has 2 amide bonds. The Hall–Kier alpha value is -2.21. The second-order valence-corrected chi connectivity index (χ2v) is 5.20. The van der Waals surface area contributed by atoms with Gasteiger partial charge in [0, 0.05) is 17.3 Å². The molecule has 0 bridgehead atoms. The van der Waals surface area contributed by atoms with Crippen LogP contribution in [-0.4, -0.2) is 12.6 Å². The van der Waals surface area contributed by atoms with Gasteiger partial charge < -0.3 is 10.6 Å². The largest absolute Gasteiger partial charge is 0.416 e. The molecule has 3 nitrogen and oxygen atoms in total. The Bertz CT molecular complexity index is 672. The molecule has 0 radical (unpaired) electrons. The molecule has 0 saturated carbocycles. The van der Waals surface area contributed by atoms with Gasteiger partial charge in [-0.2, -0.15) is 13.2 Å². The van der Waals surface area contributed by atoms with E-state index in [1.165, 1.54) is 12.1 Å². The van der Waals surface area contributed by atoms with Crippen molar-refractivity contribution in [3.63, 3.8) is 0 Å². The topological polar surface area (TPSA) is 41.1 Å². The molecule has 0 atom stereocenters. The van der Waals surface area contributed by atoms with E-state index in [9.17, 15) is 18.0 Å². The molecular weight excluding hydrogens is 329 g/mol. The van der Waals surface area contributed by atoms with Crippen molar-refractivity contribution in [2.24, 2.45) is 0 Å². The quantitative estimate of drug-likeness (QED) is 0.829. The van der Waals surface area contributed by atoms with Gasteiger partial charge in [0.25, 0.3) is 0 Å². The predicted molar refractivity (Wildman–Crippen MR) is 83.6 cm³/mol. The average molecular weight is 343 g/mol. The highest BCUT2D eigenvalue weighted by molar-refractivity contribution is 6.31. The summed E-state index contributed by atoms with van der Waals surface area (Å²) >= 11 is 6.00. The minimum atomic E-state index is -4.39. The van der Waals surface area contributed by atoms with Crippen LogP contribution in [0.2, 0.25) is 5.02 Å². The Kier molecular flexibility index (Phi) is 5.50.